The van der Waals surface area contributed by atoms with Crippen LogP contribution in [0.25, 0.3) is 10.4 Å². The van der Waals surface area contributed by atoms with Crippen molar-refractivity contribution < 1.29 is 9.72 Å². The summed E-state index contributed by atoms with van der Waals surface area (Å²) >= 11 is 1.24. The maximum absolute atomic E-state index is 12.7. The van der Waals surface area contributed by atoms with Gasteiger partial charge in [0.15, 0.2) is 5.13 Å². The molecule has 0 fully saturated rings. The quantitative estimate of drug-likeness (QED) is 0.449. The number of nitrogen functional groups attached to an aromatic ring is 1. The lowest BCUT2D eigenvalue weighted by atomic mass is 10.0. The molecule has 0 amide bonds. The van der Waals surface area contributed by atoms with Crippen LogP contribution in [0.3, 0.4) is 0 Å². The Morgan fingerprint density at radius 2 is 1.74 bits per heavy atom. The zero-order valence-corrected chi connectivity index (χ0v) is 12.6. The third kappa shape index (κ3) is 2.95. The fourth-order valence-corrected chi connectivity index (χ4v) is 2.98. The van der Waals surface area contributed by atoms with E-state index in [-0.39, 0.29) is 17.2 Å². The Bertz CT molecular complexity index is 873. The number of ketones is 1. The second-order valence-electron chi connectivity index (χ2n) is 4.73. The predicted molar refractivity (Wildman–Crippen MR) is 88.5 cm³/mol. The van der Waals surface area contributed by atoms with E-state index in [2.05, 4.69) is 4.98 Å². The Morgan fingerprint density at radius 1 is 1.09 bits per heavy atom. The number of anilines is 1. The fraction of sp³-hybridized carbons (Fsp3) is 0. The first-order chi connectivity index (χ1) is 11.1. The molecule has 0 saturated heterocycles. The van der Waals surface area contributed by atoms with Gasteiger partial charge >= 0.3 is 0 Å². The SMILES string of the molecule is Nc1nc(C(=O)c2ccc([N+](=O)[O-])cc2)c(-c2ccccc2)s1. The number of benzene rings is 2. The summed E-state index contributed by atoms with van der Waals surface area (Å²) in [4.78, 5) is 27.7. The molecule has 1 aromatic heterocycles. The number of rotatable bonds is 4. The zero-order valence-electron chi connectivity index (χ0n) is 11.8. The molecule has 0 saturated carbocycles. The van der Waals surface area contributed by atoms with Gasteiger partial charge in [0.05, 0.1) is 9.80 Å². The molecule has 0 spiro atoms. The van der Waals surface area contributed by atoms with Crippen LogP contribution in [0.1, 0.15) is 16.1 Å². The largest absolute Gasteiger partial charge is 0.375 e. The van der Waals surface area contributed by atoms with E-state index < -0.39 is 4.92 Å². The van der Waals surface area contributed by atoms with Gasteiger partial charge in [0, 0.05) is 17.7 Å². The molecule has 0 radical (unpaired) electrons. The average Bonchev–Trinajstić information content (AvgIpc) is 2.97. The molecule has 0 bridgehead atoms. The number of carbonyl (C=O) groups is 1. The minimum atomic E-state index is -0.509. The minimum Gasteiger partial charge on any atom is -0.375 e. The van der Waals surface area contributed by atoms with Crippen molar-refractivity contribution >= 4 is 27.9 Å². The van der Waals surface area contributed by atoms with Crippen molar-refractivity contribution in [1.29, 1.82) is 0 Å². The van der Waals surface area contributed by atoms with Gasteiger partial charge in [-0.1, -0.05) is 41.7 Å². The second kappa shape index (κ2) is 5.98. The molecule has 0 aliphatic rings. The maximum atomic E-state index is 12.7. The van der Waals surface area contributed by atoms with E-state index in [1.807, 2.05) is 30.3 Å². The van der Waals surface area contributed by atoms with Crippen LogP contribution in [0, 0.1) is 10.1 Å². The van der Waals surface area contributed by atoms with Gasteiger partial charge in [-0.25, -0.2) is 4.98 Å². The van der Waals surface area contributed by atoms with Gasteiger partial charge < -0.3 is 5.73 Å². The number of nitro benzene ring substituents is 1. The zero-order chi connectivity index (χ0) is 16.4. The molecule has 0 aliphatic heterocycles. The molecule has 0 atom stereocenters. The van der Waals surface area contributed by atoms with Gasteiger partial charge in [-0.2, -0.15) is 0 Å². The Morgan fingerprint density at radius 3 is 2.35 bits per heavy atom. The summed E-state index contributed by atoms with van der Waals surface area (Å²) < 4.78 is 0. The van der Waals surface area contributed by atoms with Gasteiger partial charge in [-0.3, -0.25) is 14.9 Å². The van der Waals surface area contributed by atoms with Crippen molar-refractivity contribution in [1.82, 2.24) is 4.98 Å². The average molecular weight is 325 g/mol. The summed E-state index contributed by atoms with van der Waals surface area (Å²) in [6.07, 6.45) is 0. The summed E-state index contributed by atoms with van der Waals surface area (Å²) in [5.41, 5.74) is 7.14. The van der Waals surface area contributed by atoms with E-state index in [1.54, 1.807) is 0 Å². The van der Waals surface area contributed by atoms with Crippen molar-refractivity contribution in [2.45, 2.75) is 0 Å². The van der Waals surface area contributed by atoms with Crippen LogP contribution in [0.5, 0.6) is 0 Å². The van der Waals surface area contributed by atoms with Crippen molar-refractivity contribution in [3.8, 4) is 10.4 Å². The van der Waals surface area contributed by atoms with Crippen molar-refractivity contribution in [3.63, 3.8) is 0 Å². The number of hydrogen-bond donors (Lipinski definition) is 1. The Balaban J connectivity index is 2.02. The monoisotopic (exact) mass is 325 g/mol. The lowest BCUT2D eigenvalue weighted by Gasteiger charge is -2.02. The lowest BCUT2D eigenvalue weighted by molar-refractivity contribution is -0.384. The second-order valence-corrected chi connectivity index (χ2v) is 5.76. The van der Waals surface area contributed by atoms with Gasteiger partial charge in [0.2, 0.25) is 5.78 Å². The van der Waals surface area contributed by atoms with Gasteiger partial charge in [-0.05, 0) is 17.7 Å². The minimum absolute atomic E-state index is 0.0670. The number of hydrogen-bond acceptors (Lipinski definition) is 6. The van der Waals surface area contributed by atoms with E-state index in [1.165, 1.54) is 35.6 Å². The normalized spacial score (nSPS) is 10.4. The summed E-state index contributed by atoms with van der Waals surface area (Å²) in [5.74, 6) is -0.313. The van der Waals surface area contributed by atoms with Crippen molar-refractivity contribution in [3.05, 3.63) is 76.0 Å². The van der Waals surface area contributed by atoms with Crippen LogP contribution < -0.4 is 5.73 Å². The van der Waals surface area contributed by atoms with Crippen LogP contribution in [0.4, 0.5) is 10.8 Å². The maximum Gasteiger partial charge on any atom is 0.269 e. The Kier molecular flexibility index (Phi) is 3.86. The molecule has 2 aromatic carbocycles. The molecule has 0 aliphatic carbocycles. The first kappa shape index (κ1) is 14.9. The smallest absolute Gasteiger partial charge is 0.269 e. The van der Waals surface area contributed by atoms with Gasteiger partial charge in [0.25, 0.3) is 5.69 Å². The molecule has 2 N–H and O–H groups in total. The van der Waals surface area contributed by atoms with Crippen LogP contribution in [-0.4, -0.2) is 15.7 Å². The third-order valence-electron chi connectivity index (χ3n) is 3.24. The number of aromatic nitrogens is 1. The summed E-state index contributed by atoms with van der Waals surface area (Å²) in [6.45, 7) is 0. The van der Waals surface area contributed by atoms with Crippen LogP contribution in [0.2, 0.25) is 0 Å². The summed E-state index contributed by atoms with van der Waals surface area (Å²) in [7, 11) is 0. The van der Waals surface area contributed by atoms with E-state index >= 15 is 0 Å². The molecule has 1 heterocycles. The Hall–Kier alpha value is -3.06. The van der Waals surface area contributed by atoms with E-state index in [9.17, 15) is 14.9 Å². The van der Waals surface area contributed by atoms with Gasteiger partial charge in [-0.15, -0.1) is 0 Å². The predicted octanol–water partition coefficient (Wildman–Crippen LogP) is 3.53. The van der Waals surface area contributed by atoms with Crippen molar-refractivity contribution in [2.24, 2.45) is 0 Å². The molecular weight excluding hydrogens is 314 g/mol. The number of thiazole rings is 1. The molecule has 3 rings (SSSR count). The van der Waals surface area contributed by atoms with E-state index in [4.69, 9.17) is 5.73 Å². The first-order valence-electron chi connectivity index (χ1n) is 6.67. The highest BCUT2D eigenvalue weighted by molar-refractivity contribution is 7.19. The number of nitro groups is 1. The van der Waals surface area contributed by atoms with Crippen LogP contribution >= 0.6 is 11.3 Å². The fourth-order valence-electron chi connectivity index (χ4n) is 2.15. The van der Waals surface area contributed by atoms with Gasteiger partial charge in [0.1, 0.15) is 5.69 Å². The van der Waals surface area contributed by atoms with Crippen LogP contribution in [0.15, 0.2) is 54.6 Å². The Labute approximate surface area is 135 Å². The molecular formula is C16H11N3O3S. The third-order valence-corrected chi connectivity index (χ3v) is 4.17. The topological polar surface area (TPSA) is 99.1 Å². The molecule has 114 valence electrons. The number of nitrogens with two attached hydrogens (primary N) is 1. The highest BCUT2D eigenvalue weighted by Gasteiger charge is 2.20. The number of non-ortho nitro benzene ring substituents is 1. The molecule has 0 unspecified atom stereocenters. The van der Waals surface area contributed by atoms with E-state index in [0.29, 0.717) is 15.6 Å². The van der Waals surface area contributed by atoms with E-state index in [0.717, 1.165) is 5.56 Å². The number of carbonyl (C=O) groups excluding carboxylic acids is 1. The lowest BCUT2D eigenvalue weighted by Crippen LogP contribution is -2.04. The molecule has 23 heavy (non-hydrogen) atoms. The highest BCUT2D eigenvalue weighted by Crippen LogP contribution is 2.33. The van der Waals surface area contributed by atoms with Crippen molar-refractivity contribution in [2.75, 3.05) is 5.73 Å². The standard InChI is InChI=1S/C16H11N3O3S/c17-16-18-13(15(23-16)11-4-2-1-3-5-11)14(20)10-6-8-12(9-7-10)19(21)22/h1-9H,(H2,17,18). The summed E-state index contributed by atoms with van der Waals surface area (Å²) in [6, 6.07) is 14.8. The molecule has 7 heteroatoms. The molecule has 6 nitrogen and oxygen atoms in total. The summed E-state index contributed by atoms with van der Waals surface area (Å²) in [5, 5.41) is 11.0. The highest BCUT2D eigenvalue weighted by atomic mass is 32.1. The first-order valence-corrected chi connectivity index (χ1v) is 7.49. The van der Waals surface area contributed by atoms with Crippen LogP contribution in [-0.2, 0) is 0 Å². The molecule has 3 aromatic rings. The number of nitrogens with zero attached hydrogens (tertiary/aromatic N) is 2.